The molecular weight excluding hydrogens is 365 g/mol. The van der Waals surface area contributed by atoms with Gasteiger partial charge in [0, 0.05) is 30.0 Å². The number of amides is 2. The molecule has 0 bridgehead atoms. The number of benzene rings is 2. The summed E-state index contributed by atoms with van der Waals surface area (Å²) in [5, 5.41) is 0. The van der Waals surface area contributed by atoms with Crippen LogP contribution in [0.4, 0.5) is 13.2 Å². The van der Waals surface area contributed by atoms with Crippen molar-refractivity contribution in [2.45, 2.75) is 23.4 Å². The Hall–Kier alpha value is -2.48. The molecule has 0 aromatic heterocycles. The lowest BCUT2D eigenvalue weighted by Crippen LogP contribution is -2.33. The van der Waals surface area contributed by atoms with E-state index in [0.717, 1.165) is 5.56 Å². The maximum Gasteiger partial charge on any atom is 0.446 e. The summed E-state index contributed by atoms with van der Waals surface area (Å²) < 4.78 is 37.2. The summed E-state index contributed by atoms with van der Waals surface area (Å²) in [4.78, 5) is 25.2. The fourth-order valence-corrected chi connectivity index (χ4v) is 2.82. The van der Waals surface area contributed by atoms with Crippen molar-refractivity contribution in [2.24, 2.45) is 5.73 Å². The molecule has 8 heteroatoms. The zero-order chi connectivity index (χ0) is 19.2. The normalized spacial score (nSPS) is 11.2. The number of rotatable bonds is 7. The van der Waals surface area contributed by atoms with Crippen LogP contribution in [0.5, 0.6) is 0 Å². The number of alkyl halides is 3. The summed E-state index contributed by atoms with van der Waals surface area (Å²) in [6.07, 6.45) is 0.000578. The Balaban J connectivity index is 2.15. The van der Waals surface area contributed by atoms with Crippen LogP contribution in [0.15, 0.2) is 59.5 Å². The van der Waals surface area contributed by atoms with E-state index >= 15 is 0 Å². The second-order valence-electron chi connectivity index (χ2n) is 5.50. The third kappa shape index (κ3) is 6.44. The number of halogens is 3. The summed E-state index contributed by atoms with van der Waals surface area (Å²) in [6.45, 7) is 0.397. The Bertz CT molecular complexity index is 749. The fraction of sp³-hybridized carbons (Fsp3) is 0.222. The maximum absolute atomic E-state index is 12.7. The standard InChI is InChI=1S/C18H17F3N2O2S/c19-18(20,21)26-15-8-6-14(7-9-15)17(25)23(11-10-16(22)24)12-13-4-2-1-3-5-13/h1-9H,10-12H2,(H2,22,24). The third-order valence-corrected chi connectivity index (χ3v) is 4.21. The van der Waals surface area contributed by atoms with Crippen LogP contribution in [-0.2, 0) is 11.3 Å². The van der Waals surface area contributed by atoms with Crippen molar-refractivity contribution in [2.75, 3.05) is 6.54 Å². The minimum Gasteiger partial charge on any atom is -0.370 e. The van der Waals surface area contributed by atoms with Crippen molar-refractivity contribution in [3.63, 3.8) is 0 Å². The van der Waals surface area contributed by atoms with Crippen LogP contribution in [0.3, 0.4) is 0 Å². The Morgan fingerprint density at radius 1 is 1.00 bits per heavy atom. The number of nitrogens with two attached hydrogens (primary N) is 1. The van der Waals surface area contributed by atoms with Gasteiger partial charge in [-0.3, -0.25) is 9.59 Å². The van der Waals surface area contributed by atoms with Gasteiger partial charge in [0.1, 0.15) is 0 Å². The van der Waals surface area contributed by atoms with Gasteiger partial charge in [-0.1, -0.05) is 30.3 Å². The summed E-state index contributed by atoms with van der Waals surface area (Å²) in [7, 11) is 0. The van der Waals surface area contributed by atoms with E-state index in [1.54, 1.807) is 0 Å². The highest BCUT2D eigenvalue weighted by Crippen LogP contribution is 2.36. The molecule has 0 spiro atoms. The fourth-order valence-electron chi connectivity index (χ4n) is 2.28. The maximum atomic E-state index is 12.7. The van der Waals surface area contributed by atoms with E-state index in [9.17, 15) is 22.8 Å². The number of thioether (sulfide) groups is 1. The van der Waals surface area contributed by atoms with Crippen LogP contribution in [0, 0.1) is 0 Å². The predicted octanol–water partition coefficient (Wildman–Crippen LogP) is 3.82. The molecule has 0 atom stereocenters. The van der Waals surface area contributed by atoms with Crippen molar-refractivity contribution >= 4 is 23.6 Å². The molecule has 0 fully saturated rings. The summed E-state index contributed by atoms with van der Waals surface area (Å²) in [5.41, 5.74) is 1.90. The van der Waals surface area contributed by atoms with E-state index in [2.05, 4.69) is 0 Å². The van der Waals surface area contributed by atoms with Gasteiger partial charge in [0.25, 0.3) is 5.91 Å². The first-order chi connectivity index (χ1) is 12.2. The highest BCUT2D eigenvalue weighted by atomic mass is 32.2. The zero-order valence-corrected chi connectivity index (χ0v) is 14.5. The molecule has 0 saturated carbocycles. The third-order valence-electron chi connectivity index (χ3n) is 3.47. The topological polar surface area (TPSA) is 63.4 Å². The Labute approximate surface area is 153 Å². The monoisotopic (exact) mass is 382 g/mol. The molecule has 4 nitrogen and oxygen atoms in total. The lowest BCUT2D eigenvalue weighted by molar-refractivity contribution is -0.118. The molecular formula is C18H17F3N2O2S. The summed E-state index contributed by atoms with van der Waals surface area (Å²) in [6, 6.07) is 14.4. The molecule has 0 saturated heterocycles. The number of hydrogen-bond acceptors (Lipinski definition) is 3. The van der Waals surface area contributed by atoms with Gasteiger partial charge in [-0.2, -0.15) is 13.2 Å². The Morgan fingerprint density at radius 3 is 2.15 bits per heavy atom. The van der Waals surface area contributed by atoms with Crippen LogP contribution in [0.1, 0.15) is 22.3 Å². The van der Waals surface area contributed by atoms with Crippen LogP contribution in [-0.4, -0.2) is 28.8 Å². The highest BCUT2D eigenvalue weighted by Gasteiger charge is 2.29. The van der Waals surface area contributed by atoms with Gasteiger partial charge in [0.05, 0.1) is 0 Å². The van der Waals surface area contributed by atoms with Crippen LogP contribution < -0.4 is 5.73 Å². The van der Waals surface area contributed by atoms with Crippen molar-refractivity contribution in [1.29, 1.82) is 0 Å². The zero-order valence-electron chi connectivity index (χ0n) is 13.7. The largest absolute Gasteiger partial charge is 0.446 e. The van der Waals surface area contributed by atoms with E-state index in [0.29, 0.717) is 0 Å². The molecule has 0 unspecified atom stereocenters. The molecule has 0 aliphatic rings. The molecule has 26 heavy (non-hydrogen) atoms. The van der Waals surface area contributed by atoms with E-state index in [1.807, 2.05) is 30.3 Å². The van der Waals surface area contributed by atoms with Crippen LogP contribution in [0.2, 0.25) is 0 Å². The highest BCUT2D eigenvalue weighted by molar-refractivity contribution is 8.00. The summed E-state index contributed by atoms with van der Waals surface area (Å²) in [5.74, 6) is -0.911. The SMILES string of the molecule is NC(=O)CCN(Cc1ccccc1)C(=O)c1ccc(SC(F)(F)F)cc1. The van der Waals surface area contributed by atoms with E-state index in [1.165, 1.54) is 29.2 Å². The smallest absolute Gasteiger partial charge is 0.370 e. The Morgan fingerprint density at radius 2 is 1.62 bits per heavy atom. The predicted molar refractivity (Wildman–Crippen MR) is 93.3 cm³/mol. The quantitative estimate of drug-likeness (QED) is 0.741. The van der Waals surface area contributed by atoms with Gasteiger partial charge >= 0.3 is 5.51 Å². The van der Waals surface area contributed by atoms with Gasteiger partial charge in [-0.25, -0.2) is 0 Å². The van der Waals surface area contributed by atoms with Crippen molar-refractivity contribution < 1.29 is 22.8 Å². The lowest BCUT2D eigenvalue weighted by Gasteiger charge is -2.22. The van der Waals surface area contributed by atoms with Gasteiger partial charge < -0.3 is 10.6 Å². The number of hydrogen-bond donors (Lipinski definition) is 1. The van der Waals surface area contributed by atoms with Crippen LogP contribution in [0.25, 0.3) is 0 Å². The van der Waals surface area contributed by atoms with Gasteiger partial charge in [0.15, 0.2) is 0 Å². The molecule has 0 radical (unpaired) electrons. The first-order valence-electron chi connectivity index (χ1n) is 7.72. The van der Waals surface area contributed by atoms with E-state index < -0.39 is 11.4 Å². The number of nitrogens with zero attached hydrogens (tertiary/aromatic N) is 1. The summed E-state index contributed by atoms with van der Waals surface area (Å²) >= 11 is -0.240. The molecule has 0 heterocycles. The molecule has 2 aromatic rings. The van der Waals surface area contributed by atoms with E-state index in [4.69, 9.17) is 5.73 Å². The molecule has 2 aromatic carbocycles. The molecule has 0 aliphatic carbocycles. The van der Waals surface area contributed by atoms with E-state index in [-0.39, 0.29) is 47.6 Å². The van der Waals surface area contributed by atoms with Gasteiger partial charge in [-0.05, 0) is 41.6 Å². The number of carbonyl (C=O) groups is 2. The van der Waals surface area contributed by atoms with Gasteiger partial charge in [0.2, 0.25) is 5.91 Å². The number of primary amides is 1. The molecule has 138 valence electrons. The van der Waals surface area contributed by atoms with Crippen molar-refractivity contribution in [1.82, 2.24) is 4.90 Å². The lowest BCUT2D eigenvalue weighted by atomic mass is 10.1. The first-order valence-corrected chi connectivity index (χ1v) is 8.53. The van der Waals surface area contributed by atoms with Gasteiger partial charge in [-0.15, -0.1) is 0 Å². The molecule has 2 N–H and O–H groups in total. The molecule has 0 aliphatic heterocycles. The second-order valence-corrected chi connectivity index (χ2v) is 6.64. The minimum atomic E-state index is -4.38. The van der Waals surface area contributed by atoms with Crippen molar-refractivity contribution in [3.8, 4) is 0 Å². The number of carbonyl (C=O) groups excluding carboxylic acids is 2. The average Bonchev–Trinajstić information content (AvgIpc) is 2.58. The first kappa shape index (κ1) is 19.8. The van der Waals surface area contributed by atoms with Crippen molar-refractivity contribution in [3.05, 3.63) is 65.7 Å². The minimum absolute atomic E-state index is 0.000578. The Kier molecular flexibility index (Phi) is 6.68. The van der Waals surface area contributed by atoms with Crippen LogP contribution >= 0.6 is 11.8 Å². The average molecular weight is 382 g/mol. The second kappa shape index (κ2) is 8.75. The molecule has 2 rings (SSSR count). The molecule has 2 amide bonds.